The van der Waals surface area contributed by atoms with Gasteiger partial charge in [-0.1, -0.05) is 78.9 Å². The van der Waals surface area contributed by atoms with Crippen LogP contribution in [0.15, 0.2) is 109 Å². The number of ether oxygens (including phenoxy) is 1. The fraction of sp³-hybridized carbons (Fsp3) is 0.125. The van der Waals surface area contributed by atoms with E-state index in [2.05, 4.69) is 16.0 Å². The molecule has 0 aliphatic rings. The van der Waals surface area contributed by atoms with Gasteiger partial charge in [0.25, 0.3) is 0 Å². The largest absolute Gasteiger partial charge is 0.497 e. The Bertz CT molecular complexity index is 1420. The zero-order chi connectivity index (χ0) is 27.5. The summed E-state index contributed by atoms with van der Waals surface area (Å²) >= 11 is 0. The van der Waals surface area contributed by atoms with Crippen molar-refractivity contribution in [1.82, 2.24) is 10.6 Å². The molecular formula is C32H32N4O3. The lowest BCUT2D eigenvalue weighted by Crippen LogP contribution is -2.37. The summed E-state index contributed by atoms with van der Waals surface area (Å²) in [4.78, 5) is 25.6. The van der Waals surface area contributed by atoms with E-state index in [0.717, 1.165) is 28.0 Å². The van der Waals surface area contributed by atoms with Gasteiger partial charge in [-0.2, -0.15) is 0 Å². The topological polar surface area (TPSA) is 105 Å². The van der Waals surface area contributed by atoms with E-state index in [1.54, 1.807) is 25.3 Å². The van der Waals surface area contributed by atoms with Crippen molar-refractivity contribution in [3.8, 4) is 5.75 Å². The van der Waals surface area contributed by atoms with Gasteiger partial charge in [-0.15, -0.1) is 0 Å². The fourth-order valence-electron chi connectivity index (χ4n) is 4.01. The van der Waals surface area contributed by atoms with E-state index in [9.17, 15) is 9.59 Å². The molecule has 0 aromatic heterocycles. The van der Waals surface area contributed by atoms with Crippen molar-refractivity contribution in [2.45, 2.75) is 19.1 Å². The number of nitrogens with one attached hydrogen (secondary N) is 3. The molecule has 1 unspecified atom stereocenters. The van der Waals surface area contributed by atoms with Crippen molar-refractivity contribution in [3.05, 3.63) is 131 Å². The van der Waals surface area contributed by atoms with E-state index in [1.165, 1.54) is 6.08 Å². The highest BCUT2D eigenvalue weighted by Crippen LogP contribution is 2.19. The van der Waals surface area contributed by atoms with Gasteiger partial charge < -0.3 is 21.1 Å². The van der Waals surface area contributed by atoms with Crippen LogP contribution in [-0.4, -0.2) is 18.9 Å². The summed E-state index contributed by atoms with van der Waals surface area (Å²) in [7, 11) is 1.63. The molecule has 0 aliphatic heterocycles. The van der Waals surface area contributed by atoms with Crippen LogP contribution >= 0.6 is 0 Å². The molecule has 39 heavy (non-hydrogen) atoms. The van der Waals surface area contributed by atoms with Gasteiger partial charge in [-0.05, 0) is 52.6 Å². The van der Waals surface area contributed by atoms with Crippen molar-refractivity contribution in [2.24, 2.45) is 0 Å². The molecule has 198 valence electrons. The number of benzene rings is 4. The van der Waals surface area contributed by atoms with Gasteiger partial charge in [0.15, 0.2) is 0 Å². The highest BCUT2D eigenvalue weighted by atomic mass is 16.5. The second-order valence-corrected chi connectivity index (χ2v) is 8.95. The van der Waals surface area contributed by atoms with Crippen molar-refractivity contribution < 1.29 is 14.3 Å². The SMILES string of the molecule is COc1cccc(CNC(C(=O)NCc2ccccc2)c2ccc(C=CC(=O)Nc3ccccc3N)cc2)c1. The third-order valence-corrected chi connectivity index (χ3v) is 6.13. The van der Waals surface area contributed by atoms with E-state index in [0.29, 0.717) is 24.5 Å². The fourth-order valence-corrected chi connectivity index (χ4v) is 4.01. The summed E-state index contributed by atoms with van der Waals surface area (Å²) in [6, 6.07) is 31.5. The van der Waals surface area contributed by atoms with Crippen molar-refractivity contribution in [2.75, 3.05) is 18.2 Å². The molecule has 0 saturated heterocycles. The molecule has 2 amide bonds. The highest BCUT2D eigenvalue weighted by molar-refractivity contribution is 6.03. The molecule has 7 heteroatoms. The summed E-state index contributed by atoms with van der Waals surface area (Å²) in [6.07, 6.45) is 3.17. The van der Waals surface area contributed by atoms with Gasteiger partial charge in [0.05, 0.1) is 18.5 Å². The molecule has 7 nitrogen and oxygen atoms in total. The quantitative estimate of drug-likeness (QED) is 0.163. The van der Waals surface area contributed by atoms with Gasteiger partial charge in [0.2, 0.25) is 11.8 Å². The molecule has 0 aliphatic carbocycles. The van der Waals surface area contributed by atoms with E-state index in [4.69, 9.17) is 10.5 Å². The van der Waals surface area contributed by atoms with Crippen molar-refractivity contribution in [3.63, 3.8) is 0 Å². The Hall–Kier alpha value is -4.88. The number of rotatable bonds is 11. The summed E-state index contributed by atoms with van der Waals surface area (Å²) in [5, 5.41) is 9.19. The summed E-state index contributed by atoms with van der Waals surface area (Å²) in [6.45, 7) is 0.907. The Morgan fingerprint density at radius 2 is 1.56 bits per heavy atom. The number of carbonyl (C=O) groups excluding carboxylic acids is 2. The third-order valence-electron chi connectivity index (χ3n) is 6.13. The van der Waals surface area contributed by atoms with Gasteiger partial charge in [0.1, 0.15) is 11.8 Å². The first-order valence-electron chi connectivity index (χ1n) is 12.6. The average molecular weight is 521 g/mol. The van der Waals surface area contributed by atoms with Crippen LogP contribution in [0.2, 0.25) is 0 Å². The highest BCUT2D eigenvalue weighted by Gasteiger charge is 2.20. The first kappa shape index (κ1) is 27.2. The number of anilines is 2. The lowest BCUT2D eigenvalue weighted by Gasteiger charge is -2.19. The van der Waals surface area contributed by atoms with Crippen LogP contribution in [0.4, 0.5) is 11.4 Å². The molecule has 0 spiro atoms. The minimum atomic E-state index is -0.581. The second-order valence-electron chi connectivity index (χ2n) is 8.95. The monoisotopic (exact) mass is 520 g/mol. The van der Waals surface area contributed by atoms with Gasteiger partial charge in [0, 0.05) is 19.2 Å². The van der Waals surface area contributed by atoms with E-state index in [1.807, 2.05) is 91.0 Å². The number of carbonyl (C=O) groups is 2. The Morgan fingerprint density at radius 3 is 2.31 bits per heavy atom. The summed E-state index contributed by atoms with van der Waals surface area (Å²) in [5.74, 6) is 0.342. The van der Waals surface area contributed by atoms with E-state index < -0.39 is 6.04 Å². The molecule has 0 fully saturated rings. The van der Waals surface area contributed by atoms with Crippen LogP contribution in [0, 0.1) is 0 Å². The predicted molar refractivity (Wildman–Crippen MR) is 156 cm³/mol. The minimum Gasteiger partial charge on any atom is -0.497 e. The first-order valence-corrected chi connectivity index (χ1v) is 12.6. The van der Waals surface area contributed by atoms with Crippen molar-refractivity contribution >= 4 is 29.3 Å². The molecule has 4 rings (SSSR count). The zero-order valence-corrected chi connectivity index (χ0v) is 21.8. The number of para-hydroxylation sites is 2. The minimum absolute atomic E-state index is 0.134. The zero-order valence-electron chi connectivity index (χ0n) is 21.8. The number of hydrogen-bond donors (Lipinski definition) is 4. The van der Waals surface area contributed by atoms with Gasteiger partial charge in [-0.25, -0.2) is 0 Å². The first-order chi connectivity index (χ1) is 19.0. The number of methoxy groups -OCH3 is 1. The standard InChI is InChI=1S/C32H32N4O3/c1-39-27-11-7-10-25(20-27)22-34-31(32(38)35-21-24-8-3-2-4-9-24)26-17-14-23(15-18-26)16-19-30(37)36-29-13-6-5-12-28(29)33/h2-20,31,34H,21-22,33H2,1H3,(H,35,38)(H,36,37). The molecule has 0 bridgehead atoms. The Morgan fingerprint density at radius 1 is 0.846 bits per heavy atom. The second kappa shape index (κ2) is 13.6. The lowest BCUT2D eigenvalue weighted by molar-refractivity contribution is -0.123. The lowest BCUT2D eigenvalue weighted by atomic mass is 10.0. The van der Waals surface area contributed by atoms with Crippen LogP contribution in [0.5, 0.6) is 5.75 Å². The number of nitrogens with two attached hydrogens (primary N) is 1. The smallest absolute Gasteiger partial charge is 0.248 e. The number of amides is 2. The Kier molecular flexibility index (Phi) is 9.47. The van der Waals surface area contributed by atoms with Gasteiger partial charge in [-0.3, -0.25) is 14.9 Å². The maximum atomic E-state index is 13.3. The summed E-state index contributed by atoms with van der Waals surface area (Å²) < 4.78 is 5.33. The molecule has 4 aromatic rings. The molecule has 4 aromatic carbocycles. The molecule has 5 N–H and O–H groups in total. The van der Waals surface area contributed by atoms with Crippen LogP contribution in [0.1, 0.15) is 28.3 Å². The summed E-state index contributed by atoms with van der Waals surface area (Å²) in [5.41, 5.74) is 10.6. The molecule has 0 radical (unpaired) electrons. The number of nitrogen functional groups attached to an aromatic ring is 1. The van der Waals surface area contributed by atoms with E-state index >= 15 is 0 Å². The Balaban J connectivity index is 1.45. The molecule has 0 saturated carbocycles. The maximum absolute atomic E-state index is 13.3. The van der Waals surface area contributed by atoms with Crippen LogP contribution in [0.25, 0.3) is 6.08 Å². The number of hydrogen-bond acceptors (Lipinski definition) is 5. The Labute approximate surface area is 228 Å². The van der Waals surface area contributed by atoms with Crippen LogP contribution in [0.3, 0.4) is 0 Å². The molecule has 1 atom stereocenters. The van der Waals surface area contributed by atoms with Crippen LogP contribution in [-0.2, 0) is 22.7 Å². The van der Waals surface area contributed by atoms with Crippen molar-refractivity contribution in [1.29, 1.82) is 0 Å². The average Bonchev–Trinajstić information content (AvgIpc) is 2.97. The van der Waals surface area contributed by atoms with E-state index in [-0.39, 0.29) is 11.8 Å². The normalized spacial score (nSPS) is 11.6. The van der Waals surface area contributed by atoms with Gasteiger partial charge >= 0.3 is 0 Å². The molecular weight excluding hydrogens is 488 g/mol. The maximum Gasteiger partial charge on any atom is 0.248 e. The molecule has 0 heterocycles. The van der Waals surface area contributed by atoms with Crippen LogP contribution < -0.4 is 26.4 Å². The predicted octanol–water partition coefficient (Wildman–Crippen LogP) is 5.08. The third kappa shape index (κ3) is 8.05.